The fourth-order valence-electron chi connectivity index (χ4n) is 3.97. The van der Waals surface area contributed by atoms with Crippen LogP contribution in [0, 0.1) is 13.8 Å². The van der Waals surface area contributed by atoms with Gasteiger partial charge in [0, 0.05) is 38.4 Å². The van der Waals surface area contributed by atoms with Gasteiger partial charge in [-0.25, -0.2) is 13.1 Å². The molecule has 0 aromatic heterocycles. The summed E-state index contributed by atoms with van der Waals surface area (Å²) in [6, 6.07) is 13.2. The van der Waals surface area contributed by atoms with Gasteiger partial charge in [-0.3, -0.25) is 4.79 Å². The topological polar surface area (TPSA) is 75.7 Å². The van der Waals surface area contributed by atoms with Crippen LogP contribution in [0.3, 0.4) is 0 Å². The Balaban J connectivity index is 1.23. The summed E-state index contributed by atoms with van der Waals surface area (Å²) in [6.07, 6.45) is 4.66. The number of benzene rings is 2. The number of aryl methyl sites for hydroxylation is 3. The largest absolute Gasteiger partial charge is 0.490 e. The predicted octanol–water partition coefficient (Wildman–Crippen LogP) is 3.75. The number of hydrogen-bond acceptors (Lipinski definition) is 4. The Morgan fingerprint density at radius 2 is 1.72 bits per heavy atom. The summed E-state index contributed by atoms with van der Waals surface area (Å²) < 4.78 is 33.4. The van der Waals surface area contributed by atoms with E-state index in [-0.39, 0.29) is 22.9 Å². The highest BCUT2D eigenvalue weighted by molar-refractivity contribution is 7.89. The van der Waals surface area contributed by atoms with E-state index in [0.29, 0.717) is 25.9 Å². The van der Waals surface area contributed by atoms with Crippen molar-refractivity contribution >= 4 is 15.9 Å². The minimum absolute atomic E-state index is 0.0904. The second-order valence-electron chi connectivity index (χ2n) is 9.01. The van der Waals surface area contributed by atoms with E-state index in [2.05, 4.69) is 36.8 Å². The fourth-order valence-corrected chi connectivity index (χ4v) is 5.28. The molecular weight excluding hydrogens is 424 g/mol. The molecule has 4 rings (SSSR count). The number of nitrogens with one attached hydrogen (secondary N) is 1. The van der Waals surface area contributed by atoms with E-state index in [1.54, 1.807) is 24.3 Å². The van der Waals surface area contributed by atoms with Gasteiger partial charge in [-0.2, -0.15) is 0 Å². The van der Waals surface area contributed by atoms with Crippen molar-refractivity contribution in [1.82, 2.24) is 9.62 Å². The van der Waals surface area contributed by atoms with Gasteiger partial charge in [0.2, 0.25) is 15.9 Å². The zero-order valence-corrected chi connectivity index (χ0v) is 19.7. The molecule has 0 atom stereocenters. The Morgan fingerprint density at radius 1 is 1.03 bits per heavy atom. The van der Waals surface area contributed by atoms with Crippen molar-refractivity contribution in [3.63, 3.8) is 0 Å². The molecule has 6 nitrogen and oxygen atoms in total. The molecular formula is C25H32N2O4S. The molecule has 7 heteroatoms. The van der Waals surface area contributed by atoms with Crippen molar-refractivity contribution in [3.8, 4) is 5.75 Å². The maximum Gasteiger partial charge on any atom is 0.240 e. The average Bonchev–Trinajstić information content (AvgIpc) is 3.59. The number of nitrogens with zero attached hydrogens (tertiary/aromatic N) is 1. The molecule has 172 valence electrons. The van der Waals surface area contributed by atoms with E-state index in [1.807, 2.05) is 4.90 Å². The molecule has 2 fully saturated rings. The van der Waals surface area contributed by atoms with Crippen LogP contribution in [-0.4, -0.2) is 44.5 Å². The number of carbonyl (C=O) groups excluding carboxylic acids is 1. The van der Waals surface area contributed by atoms with Gasteiger partial charge >= 0.3 is 0 Å². The van der Waals surface area contributed by atoms with E-state index >= 15 is 0 Å². The molecule has 1 heterocycles. The van der Waals surface area contributed by atoms with Crippen molar-refractivity contribution in [2.24, 2.45) is 0 Å². The summed E-state index contributed by atoms with van der Waals surface area (Å²) in [5.41, 5.74) is 3.29. The van der Waals surface area contributed by atoms with Crippen LogP contribution in [0.15, 0.2) is 47.4 Å². The summed E-state index contributed by atoms with van der Waals surface area (Å²) in [7, 11) is -3.43. The van der Waals surface area contributed by atoms with Gasteiger partial charge in [-0.15, -0.1) is 0 Å². The van der Waals surface area contributed by atoms with E-state index in [1.165, 1.54) is 5.56 Å². The highest BCUT2D eigenvalue weighted by Gasteiger charge is 2.28. The lowest BCUT2D eigenvalue weighted by Crippen LogP contribution is -2.41. The molecule has 2 aromatic rings. The van der Waals surface area contributed by atoms with Crippen molar-refractivity contribution in [2.45, 2.75) is 69.4 Å². The standard InChI is InChI=1S/C25H32N2O4S/c1-18-3-4-19(2)24(17-18)31-22-13-15-27(16-14-22)25(28)12-7-20-5-10-23(11-6-20)32(29,30)26-21-8-9-21/h3-6,10-11,17,21-22,26H,7-9,12-16H2,1-2H3. The average molecular weight is 457 g/mol. The van der Waals surface area contributed by atoms with Crippen molar-refractivity contribution < 1.29 is 17.9 Å². The van der Waals surface area contributed by atoms with Crippen LogP contribution < -0.4 is 9.46 Å². The van der Waals surface area contributed by atoms with E-state index in [9.17, 15) is 13.2 Å². The van der Waals surface area contributed by atoms with E-state index in [0.717, 1.165) is 42.6 Å². The first-order valence-corrected chi connectivity index (χ1v) is 12.9. The summed E-state index contributed by atoms with van der Waals surface area (Å²) in [6.45, 7) is 5.53. The molecule has 1 N–H and O–H groups in total. The molecule has 32 heavy (non-hydrogen) atoms. The van der Waals surface area contributed by atoms with Gasteiger partial charge < -0.3 is 9.64 Å². The van der Waals surface area contributed by atoms with Gasteiger partial charge in [-0.1, -0.05) is 24.3 Å². The molecule has 1 aliphatic heterocycles. The Bertz CT molecular complexity index is 1050. The lowest BCUT2D eigenvalue weighted by Gasteiger charge is -2.32. The molecule has 1 aliphatic carbocycles. The maximum atomic E-state index is 12.7. The van der Waals surface area contributed by atoms with Crippen LogP contribution in [0.25, 0.3) is 0 Å². The number of likely N-dealkylation sites (tertiary alicyclic amines) is 1. The first-order valence-electron chi connectivity index (χ1n) is 11.4. The SMILES string of the molecule is Cc1ccc(C)c(OC2CCN(C(=O)CCc3ccc(S(=O)(=O)NC4CC4)cc3)CC2)c1. The third-order valence-electron chi connectivity index (χ3n) is 6.19. The molecule has 0 bridgehead atoms. The van der Waals surface area contributed by atoms with Crippen LogP contribution in [0.5, 0.6) is 5.75 Å². The summed E-state index contributed by atoms with van der Waals surface area (Å²) in [4.78, 5) is 14.9. The van der Waals surface area contributed by atoms with Crippen LogP contribution in [0.4, 0.5) is 0 Å². The van der Waals surface area contributed by atoms with Gasteiger partial charge in [0.25, 0.3) is 0 Å². The number of carbonyl (C=O) groups is 1. The quantitative estimate of drug-likeness (QED) is 0.657. The highest BCUT2D eigenvalue weighted by atomic mass is 32.2. The first-order chi connectivity index (χ1) is 15.3. The lowest BCUT2D eigenvalue weighted by molar-refractivity contribution is -0.132. The Labute approximate surface area is 191 Å². The summed E-state index contributed by atoms with van der Waals surface area (Å²) in [5, 5.41) is 0. The number of hydrogen-bond donors (Lipinski definition) is 1. The fraction of sp³-hybridized carbons (Fsp3) is 0.480. The molecule has 2 aliphatic rings. The normalized spacial score (nSPS) is 17.4. The predicted molar refractivity (Wildman–Crippen MR) is 124 cm³/mol. The van der Waals surface area contributed by atoms with Gasteiger partial charge in [0.15, 0.2) is 0 Å². The Kier molecular flexibility index (Phi) is 6.86. The van der Waals surface area contributed by atoms with Crippen molar-refractivity contribution in [3.05, 3.63) is 59.2 Å². The third kappa shape index (κ3) is 5.90. The van der Waals surface area contributed by atoms with Crippen LogP contribution in [0.1, 0.15) is 48.8 Å². The number of ether oxygens (including phenoxy) is 1. The molecule has 1 saturated carbocycles. The number of piperidine rings is 1. The number of rotatable bonds is 8. The second kappa shape index (κ2) is 9.63. The van der Waals surface area contributed by atoms with E-state index < -0.39 is 10.0 Å². The van der Waals surface area contributed by atoms with Crippen molar-refractivity contribution in [2.75, 3.05) is 13.1 Å². The molecule has 2 aromatic carbocycles. The molecule has 0 radical (unpaired) electrons. The third-order valence-corrected chi connectivity index (χ3v) is 7.73. The van der Waals surface area contributed by atoms with Crippen LogP contribution in [0.2, 0.25) is 0 Å². The van der Waals surface area contributed by atoms with Crippen LogP contribution >= 0.6 is 0 Å². The number of amides is 1. The van der Waals surface area contributed by atoms with Gasteiger partial charge in [0.1, 0.15) is 11.9 Å². The zero-order valence-electron chi connectivity index (χ0n) is 18.8. The lowest BCUT2D eigenvalue weighted by atomic mass is 10.1. The molecule has 1 amide bonds. The summed E-state index contributed by atoms with van der Waals surface area (Å²) >= 11 is 0. The minimum Gasteiger partial charge on any atom is -0.490 e. The van der Waals surface area contributed by atoms with Crippen LogP contribution in [-0.2, 0) is 21.2 Å². The number of sulfonamides is 1. The monoisotopic (exact) mass is 456 g/mol. The van der Waals surface area contributed by atoms with Crippen molar-refractivity contribution in [1.29, 1.82) is 0 Å². The smallest absolute Gasteiger partial charge is 0.240 e. The van der Waals surface area contributed by atoms with E-state index in [4.69, 9.17) is 4.74 Å². The maximum absolute atomic E-state index is 12.7. The van der Waals surface area contributed by atoms with Gasteiger partial charge in [0.05, 0.1) is 4.90 Å². The Hall–Kier alpha value is -2.38. The van der Waals surface area contributed by atoms with Gasteiger partial charge in [-0.05, 0) is 68.0 Å². The Morgan fingerprint density at radius 3 is 2.38 bits per heavy atom. The molecule has 0 unspecified atom stereocenters. The summed E-state index contributed by atoms with van der Waals surface area (Å²) in [5.74, 6) is 1.08. The first kappa shape index (κ1) is 22.8. The molecule has 1 saturated heterocycles. The minimum atomic E-state index is -3.43. The molecule has 0 spiro atoms. The highest BCUT2D eigenvalue weighted by Crippen LogP contribution is 2.25. The second-order valence-corrected chi connectivity index (χ2v) is 10.7. The zero-order chi connectivity index (χ0) is 22.7.